The van der Waals surface area contributed by atoms with Crippen molar-refractivity contribution in [2.24, 2.45) is 0 Å². The van der Waals surface area contributed by atoms with Crippen molar-refractivity contribution in [1.82, 2.24) is 5.32 Å². The average molecular weight is 453 g/mol. The van der Waals surface area contributed by atoms with Gasteiger partial charge in [-0.15, -0.1) is 0 Å². The van der Waals surface area contributed by atoms with E-state index in [4.69, 9.17) is 9.47 Å². The number of hydrogen-bond acceptors (Lipinski definition) is 5. The molecule has 3 aromatic rings. The summed E-state index contributed by atoms with van der Waals surface area (Å²) in [5.74, 6) is 0.551. The Labute approximate surface area is 187 Å². The van der Waals surface area contributed by atoms with E-state index in [0.29, 0.717) is 30.3 Å². The first kappa shape index (κ1) is 21.7. The van der Waals surface area contributed by atoms with Gasteiger partial charge in [0.25, 0.3) is 15.9 Å². The van der Waals surface area contributed by atoms with E-state index in [1.54, 1.807) is 36.4 Å². The van der Waals surface area contributed by atoms with Crippen molar-refractivity contribution in [1.29, 1.82) is 0 Å². The molecule has 1 unspecified atom stereocenters. The number of carbonyl (C=O) groups is 1. The first-order valence-corrected chi connectivity index (χ1v) is 11.8. The molecule has 166 valence electrons. The molecule has 1 aliphatic heterocycles. The molecule has 1 heterocycles. The maximum atomic E-state index is 13.5. The fraction of sp³-hybridized carbons (Fsp3) is 0.208. The van der Waals surface area contributed by atoms with Crippen LogP contribution in [0.2, 0.25) is 0 Å². The molecule has 32 heavy (non-hydrogen) atoms. The molecule has 0 spiro atoms. The lowest BCUT2D eigenvalue weighted by atomic mass is 10.2. The molecular formula is C24H24N2O5S. The fourth-order valence-electron chi connectivity index (χ4n) is 3.47. The van der Waals surface area contributed by atoms with Crippen LogP contribution in [0.1, 0.15) is 12.5 Å². The van der Waals surface area contributed by atoms with Gasteiger partial charge >= 0.3 is 0 Å². The summed E-state index contributed by atoms with van der Waals surface area (Å²) in [7, 11) is -3.92. The van der Waals surface area contributed by atoms with Gasteiger partial charge in [-0.2, -0.15) is 0 Å². The third-order valence-electron chi connectivity index (χ3n) is 5.06. The second kappa shape index (κ2) is 9.32. The number of sulfonamides is 1. The van der Waals surface area contributed by atoms with Crippen molar-refractivity contribution in [3.63, 3.8) is 0 Å². The van der Waals surface area contributed by atoms with Crippen LogP contribution in [0.5, 0.6) is 11.5 Å². The van der Waals surface area contributed by atoms with Crippen molar-refractivity contribution < 1.29 is 22.7 Å². The second-order valence-electron chi connectivity index (χ2n) is 7.22. The molecule has 1 N–H and O–H groups in total. The smallest absolute Gasteiger partial charge is 0.264 e. The van der Waals surface area contributed by atoms with Gasteiger partial charge in [0, 0.05) is 6.54 Å². The normalized spacial score (nSPS) is 15.4. The quantitative estimate of drug-likeness (QED) is 0.594. The fourth-order valence-corrected chi connectivity index (χ4v) is 4.94. The number of rotatable bonds is 7. The van der Waals surface area contributed by atoms with Gasteiger partial charge in [-0.25, -0.2) is 8.42 Å². The lowest BCUT2D eigenvalue weighted by molar-refractivity contribution is -0.127. The predicted molar refractivity (Wildman–Crippen MR) is 121 cm³/mol. The molecule has 0 radical (unpaired) electrons. The van der Waals surface area contributed by atoms with Gasteiger partial charge in [0.15, 0.2) is 6.10 Å². The third-order valence-corrected chi connectivity index (χ3v) is 6.85. The molecule has 1 atom stereocenters. The molecule has 7 nitrogen and oxygen atoms in total. The zero-order chi connectivity index (χ0) is 22.6. The average Bonchev–Trinajstić information content (AvgIpc) is 2.83. The number of anilines is 1. The van der Waals surface area contributed by atoms with E-state index in [9.17, 15) is 13.2 Å². The van der Waals surface area contributed by atoms with E-state index in [1.165, 1.54) is 16.4 Å². The van der Waals surface area contributed by atoms with Crippen LogP contribution >= 0.6 is 0 Å². The van der Waals surface area contributed by atoms with Crippen LogP contribution in [0.25, 0.3) is 0 Å². The summed E-state index contributed by atoms with van der Waals surface area (Å²) in [6.07, 6.45) is -0.980. The number of benzene rings is 3. The summed E-state index contributed by atoms with van der Waals surface area (Å²) in [5, 5.41) is 2.83. The van der Waals surface area contributed by atoms with E-state index in [2.05, 4.69) is 5.32 Å². The Balaban J connectivity index is 1.58. The minimum Gasteiger partial charge on any atom is -0.494 e. The molecule has 3 aromatic carbocycles. The first-order chi connectivity index (χ1) is 15.5. The molecule has 1 amide bonds. The van der Waals surface area contributed by atoms with Gasteiger partial charge in [-0.05, 0) is 48.9 Å². The van der Waals surface area contributed by atoms with Crippen molar-refractivity contribution in [3.05, 3.63) is 84.4 Å². The van der Waals surface area contributed by atoms with Crippen LogP contribution in [0.4, 0.5) is 5.69 Å². The molecule has 0 fully saturated rings. The maximum absolute atomic E-state index is 13.5. The van der Waals surface area contributed by atoms with E-state index >= 15 is 0 Å². The van der Waals surface area contributed by atoms with Crippen LogP contribution in [-0.4, -0.2) is 33.6 Å². The topological polar surface area (TPSA) is 84.9 Å². The number of hydrogen-bond donors (Lipinski definition) is 1. The number of nitrogens with one attached hydrogen (secondary N) is 1. The molecule has 0 saturated carbocycles. The lowest BCUT2D eigenvalue weighted by Gasteiger charge is -2.34. The van der Waals surface area contributed by atoms with Gasteiger partial charge in [0.1, 0.15) is 11.5 Å². The van der Waals surface area contributed by atoms with Crippen molar-refractivity contribution in [2.45, 2.75) is 24.5 Å². The van der Waals surface area contributed by atoms with Crippen LogP contribution < -0.4 is 19.1 Å². The highest BCUT2D eigenvalue weighted by Crippen LogP contribution is 2.37. The molecule has 0 aromatic heterocycles. The Bertz CT molecular complexity index is 1180. The van der Waals surface area contributed by atoms with Gasteiger partial charge in [0.2, 0.25) is 0 Å². The number of para-hydroxylation sites is 2. The predicted octanol–water partition coefficient (Wildman–Crippen LogP) is 3.36. The minimum absolute atomic E-state index is 0.112. The van der Waals surface area contributed by atoms with Crippen molar-refractivity contribution in [2.75, 3.05) is 17.5 Å². The lowest BCUT2D eigenvalue weighted by Crippen LogP contribution is -2.50. The number of amides is 1. The molecule has 8 heteroatoms. The highest BCUT2D eigenvalue weighted by Gasteiger charge is 2.37. The summed E-state index contributed by atoms with van der Waals surface area (Å²) in [6.45, 7) is 2.54. The Morgan fingerprint density at radius 2 is 1.72 bits per heavy atom. The van der Waals surface area contributed by atoms with Crippen molar-refractivity contribution in [3.8, 4) is 11.5 Å². The molecule has 1 aliphatic rings. The largest absolute Gasteiger partial charge is 0.494 e. The van der Waals surface area contributed by atoms with E-state index in [0.717, 1.165) is 5.56 Å². The SMILES string of the molecule is CCOc1ccc(S(=O)(=O)N2CC(C(=O)NCc3ccccc3)Oc3ccccc32)cc1. The molecular weight excluding hydrogens is 428 g/mol. The van der Waals surface area contributed by atoms with Gasteiger partial charge in [0.05, 0.1) is 23.7 Å². The van der Waals surface area contributed by atoms with Crippen LogP contribution in [0.15, 0.2) is 83.8 Å². The van der Waals surface area contributed by atoms with Crippen LogP contribution in [-0.2, 0) is 21.4 Å². The molecule has 0 bridgehead atoms. The third kappa shape index (κ3) is 4.55. The van der Waals surface area contributed by atoms with Gasteiger partial charge in [-0.1, -0.05) is 42.5 Å². The minimum atomic E-state index is -3.92. The Kier molecular flexibility index (Phi) is 6.32. The summed E-state index contributed by atoms with van der Waals surface area (Å²) in [6, 6.07) is 22.5. The summed E-state index contributed by atoms with van der Waals surface area (Å²) >= 11 is 0. The van der Waals surface area contributed by atoms with E-state index in [-0.39, 0.29) is 17.3 Å². The summed E-state index contributed by atoms with van der Waals surface area (Å²) < 4.78 is 39.4. The zero-order valence-electron chi connectivity index (χ0n) is 17.6. The first-order valence-electron chi connectivity index (χ1n) is 10.3. The van der Waals surface area contributed by atoms with E-state index < -0.39 is 16.1 Å². The highest BCUT2D eigenvalue weighted by atomic mass is 32.2. The van der Waals surface area contributed by atoms with Crippen molar-refractivity contribution >= 4 is 21.6 Å². The van der Waals surface area contributed by atoms with Crippen LogP contribution in [0.3, 0.4) is 0 Å². The number of nitrogens with zero attached hydrogens (tertiary/aromatic N) is 1. The standard InChI is InChI=1S/C24H24N2O5S/c1-2-30-19-12-14-20(15-13-19)32(28,29)26-17-23(31-22-11-7-6-10-21(22)26)24(27)25-16-18-8-4-3-5-9-18/h3-15,23H,2,16-17H2,1H3,(H,25,27). The Hall–Kier alpha value is -3.52. The number of carbonyl (C=O) groups excluding carboxylic acids is 1. The van der Waals surface area contributed by atoms with Gasteiger partial charge < -0.3 is 14.8 Å². The summed E-state index contributed by atoms with van der Waals surface area (Å²) in [4.78, 5) is 12.9. The monoisotopic (exact) mass is 452 g/mol. The molecule has 4 rings (SSSR count). The maximum Gasteiger partial charge on any atom is 0.264 e. The number of ether oxygens (including phenoxy) is 2. The molecule has 0 aliphatic carbocycles. The second-order valence-corrected chi connectivity index (χ2v) is 9.08. The van der Waals surface area contributed by atoms with Gasteiger partial charge in [-0.3, -0.25) is 9.10 Å². The van der Waals surface area contributed by atoms with E-state index in [1.807, 2.05) is 37.3 Å². The Morgan fingerprint density at radius 1 is 1.03 bits per heavy atom. The summed E-state index contributed by atoms with van der Waals surface area (Å²) in [5.41, 5.74) is 1.34. The Morgan fingerprint density at radius 3 is 2.44 bits per heavy atom. The van der Waals surface area contributed by atoms with Crippen LogP contribution in [0, 0.1) is 0 Å². The number of fused-ring (bicyclic) bond motifs is 1. The zero-order valence-corrected chi connectivity index (χ0v) is 18.4. The molecule has 0 saturated heterocycles. The highest BCUT2D eigenvalue weighted by molar-refractivity contribution is 7.92.